The van der Waals surface area contributed by atoms with Gasteiger partial charge in [0.05, 0.1) is 28.6 Å². The van der Waals surface area contributed by atoms with Crippen molar-refractivity contribution >= 4 is 27.5 Å². The lowest BCUT2D eigenvalue weighted by Gasteiger charge is -2.05. The lowest BCUT2D eigenvalue weighted by molar-refractivity contribution is -0.117. The molecule has 0 unspecified atom stereocenters. The predicted octanol–water partition coefficient (Wildman–Crippen LogP) is 3.91. The standard InChI is InChI=1S/C17H15BrF3N5O/c1-10-15(18)16(17(20)21)24-26(10)9-14(27)23-13-6-22-25(8-13)7-11-3-2-4-12(19)5-11/h2-6,8,17H,7,9H2,1H3,(H,23,27). The van der Waals surface area contributed by atoms with Gasteiger partial charge in [-0.05, 0) is 40.5 Å². The van der Waals surface area contributed by atoms with Crippen molar-refractivity contribution in [3.8, 4) is 0 Å². The fraction of sp³-hybridized carbons (Fsp3) is 0.235. The molecule has 0 aliphatic rings. The SMILES string of the molecule is Cc1c(Br)c(C(F)F)nn1CC(=O)Nc1cnn(Cc2cccc(F)c2)c1. The molecule has 0 saturated carbocycles. The maximum Gasteiger partial charge on any atom is 0.283 e. The summed E-state index contributed by atoms with van der Waals surface area (Å²) in [5, 5.41) is 10.5. The second kappa shape index (κ2) is 7.95. The van der Waals surface area contributed by atoms with Gasteiger partial charge in [-0.1, -0.05) is 12.1 Å². The van der Waals surface area contributed by atoms with Gasteiger partial charge >= 0.3 is 0 Å². The van der Waals surface area contributed by atoms with Crippen LogP contribution in [0, 0.1) is 12.7 Å². The van der Waals surface area contributed by atoms with Crippen LogP contribution in [0.1, 0.15) is 23.4 Å². The summed E-state index contributed by atoms with van der Waals surface area (Å²) < 4.78 is 41.9. The highest BCUT2D eigenvalue weighted by Gasteiger charge is 2.21. The van der Waals surface area contributed by atoms with E-state index in [9.17, 15) is 18.0 Å². The summed E-state index contributed by atoms with van der Waals surface area (Å²) in [6, 6.07) is 6.13. The Morgan fingerprint density at radius 3 is 2.81 bits per heavy atom. The van der Waals surface area contributed by atoms with E-state index in [1.54, 1.807) is 29.9 Å². The summed E-state index contributed by atoms with van der Waals surface area (Å²) in [5.74, 6) is -0.767. The minimum atomic E-state index is -2.73. The molecule has 0 radical (unpaired) electrons. The zero-order valence-electron chi connectivity index (χ0n) is 14.2. The Morgan fingerprint density at radius 1 is 1.37 bits per heavy atom. The first kappa shape index (κ1) is 19.2. The van der Waals surface area contributed by atoms with Crippen molar-refractivity contribution in [1.29, 1.82) is 0 Å². The summed E-state index contributed by atoms with van der Waals surface area (Å²) in [6.07, 6.45) is 0.316. The molecule has 2 aromatic heterocycles. The number of hydrogen-bond acceptors (Lipinski definition) is 3. The van der Waals surface area contributed by atoms with Crippen LogP contribution in [0.2, 0.25) is 0 Å². The first-order valence-electron chi connectivity index (χ1n) is 7.91. The van der Waals surface area contributed by atoms with Gasteiger partial charge in [0, 0.05) is 6.20 Å². The summed E-state index contributed by atoms with van der Waals surface area (Å²) in [6.45, 7) is 1.72. The van der Waals surface area contributed by atoms with E-state index in [0.29, 0.717) is 17.9 Å². The molecule has 1 amide bonds. The number of benzene rings is 1. The fourth-order valence-corrected chi connectivity index (χ4v) is 2.97. The van der Waals surface area contributed by atoms with Crippen LogP contribution in [0.4, 0.5) is 18.9 Å². The second-order valence-electron chi connectivity index (χ2n) is 5.85. The van der Waals surface area contributed by atoms with E-state index in [0.717, 1.165) is 5.56 Å². The molecular weight excluding hydrogens is 427 g/mol. The third-order valence-corrected chi connectivity index (χ3v) is 4.79. The lowest BCUT2D eigenvalue weighted by atomic mass is 10.2. The van der Waals surface area contributed by atoms with Gasteiger partial charge in [0.15, 0.2) is 0 Å². The van der Waals surface area contributed by atoms with Gasteiger partial charge in [-0.25, -0.2) is 13.2 Å². The summed E-state index contributed by atoms with van der Waals surface area (Å²) >= 11 is 3.06. The molecule has 0 spiro atoms. The van der Waals surface area contributed by atoms with Crippen molar-refractivity contribution in [1.82, 2.24) is 19.6 Å². The lowest BCUT2D eigenvalue weighted by Crippen LogP contribution is -2.20. The second-order valence-corrected chi connectivity index (χ2v) is 6.64. The molecule has 3 aromatic rings. The highest BCUT2D eigenvalue weighted by atomic mass is 79.9. The van der Waals surface area contributed by atoms with E-state index >= 15 is 0 Å². The number of carbonyl (C=O) groups excluding carboxylic acids is 1. The Bertz CT molecular complexity index is 969. The third kappa shape index (κ3) is 4.57. The Kier molecular flexibility index (Phi) is 5.64. The molecule has 0 atom stereocenters. The number of hydrogen-bond donors (Lipinski definition) is 1. The number of aromatic nitrogens is 4. The maximum atomic E-state index is 13.2. The van der Waals surface area contributed by atoms with Gasteiger partial charge in [0.25, 0.3) is 6.43 Å². The van der Waals surface area contributed by atoms with Crippen LogP contribution >= 0.6 is 15.9 Å². The third-order valence-electron chi connectivity index (χ3n) is 3.81. The van der Waals surface area contributed by atoms with Crippen LogP contribution in [0.15, 0.2) is 41.1 Å². The number of anilines is 1. The van der Waals surface area contributed by atoms with E-state index in [-0.39, 0.29) is 16.8 Å². The zero-order valence-corrected chi connectivity index (χ0v) is 15.8. The quantitative estimate of drug-likeness (QED) is 0.630. The zero-order chi connectivity index (χ0) is 19.6. The minimum Gasteiger partial charge on any atom is -0.322 e. The van der Waals surface area contributed by atoms with Gasteiger partial charge in [0.1, 0.15) is 18.1 Å². The number of halogens is 4. The van der Waals surface area contributed by atoms with Crippen molar-refractivity contribution in [3.63, 3.8) is 0 Å². The van der Waals surface area contributed by atoms with Crippen LogP contribution in [-0.4, -0.2) is 25.5 Å². The highest BCUT2D eigenvalue weighted by molar-refractivity contribution is 9.10. The van der Waals surface area contributed by atoms with E-state index in [2.05, 4.69) is 31.4 Å². The predicted molar refractivity (Wildman–Crippen MR) is 96.0 cm³/mol. The maximum absolute atomic E-state index is 13.2. The fourth-order valence-electron chi connectivity index (χ4n) is 2.51. The average molecular weight is 442 g/mol. The molecule has 2 heterocycles. The molecule has 1 N–H and O–H groups in total. The van der Waals surface area contributed by atoms with E-state index in [1.807, 2.05) is 0 Å². The summed E-state index contributed by atoms with van der Waals surface area (Å²) in [5.41, 5.74) is 1.20. The molecule has 0 aliphatic carbocycles. The topological polar surface area (TPSA) is 64.7 Å². The Balaban J connectivity index is 1.64. The van der Waals surface area contributed by atoms with Crippen molar-refractivity contribution < 1.29 is 18.0 Å². The number of rotatable bonds is 6. The Morgan fingerprint density at radius 2 is 2.15 bits per heavy atom. The molecule has 0 saturated heterocycles. The van der Waals surface area contributed by atoms with Gasteiger partial charge < -0.3 is 5.32 Å². The molecule has 0 bridgehead atoms. The Hall–Kier alpha value is -2.62. The monoisotopic (exact) mass is 441 g/mol. The first-order chi connectivity index (χ1) is 12.8. The number of alkyl halides is 2. The highest BCUT2D eigenvalue weighted by Crippen LogP contribution is 2.28. The smallest absolute Gasteiger partial charge is 0.283 e. The van der Waals surface area contributed by atoms with Crippen LogP contribution in [-0.2, 0) is 17.9 Å². The number of nitrogens with zero attached hydrogens (tertiary/aromatic N) is 4. The van der Waals surface area contributed by atoms with Crippen LogP contribution < -0.4 is 5.32 Å². The van der Waals surface area contributed by atoms with Gasteiger partial charge in [0.2, 0.25) is 5.91 Å². The molecule has 1 aromatic carbocycles. The average Bonchev–Trinajstić information content (AvgIpc) is 3.14. The number of amides is 1. The summed E-state index contributed by atoms with van der Waals surface area (Å²) in [7, 11) is 0. The molecular formula is C17H15BrF3N5O. The number of nitrogens with one attached hydrogen (secondary N) is 1. The van der Waals surface area contributed by atoms with Crippen LogP contribution in [0.3, 0.4) is 0 Å². The van der Waals surface area contributed by atoms with Crippen molar-refractivity contribution in [2.24, 2.45) is 0 Å². The van der Waals surface area contributed by atoms with Crippen LogP contribution in [0.5, 0.6) is 0 Å². The number of carbonyl (C=O) groups is 1. The normalized spacial score (nSPS) is 11.2. The minimum absolute atomic E-state index is 0.188. The van der Waals surface area contributed by atoms with E-state index in [4.69, 9.17) is 0 Å². The summed E-state index contributed by atoms with van der Waals surface area (Å²) in [4.78, 5) is 12.2. The molecule has 27 heavy (non-hydrogen) atoms. The largest absolute Gasteiger partial charge is 0.322 e. The van der Waals surface area contributed by atoms with Gasteiger partial charge in [-0.3, -0.25) is 14.2 Å². The molecule has 3 rings (SSSR count). The van der Waals surface area contributed by atoms with Gasteiger partial charge in [-0.15, -0.1) is 0 Å². The first-order valence-corrected chi connectivity index (χ1v) is 8.70. The van der Waals surface area contributed by atoms with E-state index in [1.165, 1.54) is 23.0 Å². The van der Waals surface area contributed by atoms with Crippen molar-refractivity contribution in [2.75, 3.05) is 5.32 Å². The van der Waals surface area contributed by atoms with Crippen molar-refractivity contribution in [2.45, 2.75) is 26.4 Å². The van der Waals surface area contributed by atoms with Crippen LogP contribution in [0.25, 0.3) is 0 Å². The molecule has 6 nitrogen and oxygen atoms in total. The molecule has 0 aliphatic heterocycles. The molecule has 142 valence electrons. The van der Waals surface area contributed by atoms with Crippen molar-refractivity contribution in [3.05, 3.63) is 63.9 Å². The Labute approximate surface area is 161 Å². The van der Waals surface area contributed by atoms with E-state index < -0.39 is 18.0 Å². The van der Waals surface area contributed by atoms with Gasteiger partial charge in [-0.2, -0.15) is 10.2 Å². The molecule has 0 fully saturated rings. The molecule has 10 heteroatoms.